The third kappa shape index (κ3) is 2.79. The lowest BCUT2D eigenvalue weighted by molar-refractivity contribution is -0.153. The molecule has 1 aromatic carbocycles. The van der Waals surface area contributed by atoms with E-state index in [1.807, 2.05) is 0 Å². The molecule has 2 fully saturated rings. The van der Waals surface area contributed by atoms with Gasteiger partial charge in [0.05, 0.1) is 13.0 Å². The van der Waals surface area contributed by atoms with Crippen molar-refractivity contribution in [2.45, 2.75) is 70.8 Å². The van der Waals surface area contributed by atoms with Crippen LogP contribution in [0.25, 0.3) is 0 Å². The normalized spacial score (nSPS) is 33.7. The lowest BCUT2D eigenvalue weighted by Crippen LogP contribution is -2.65. The summed E-state index contributed by atoms with van der Waals surface area (Å²) in [6.45, 7) is 7.88. The highest BCUT2D eigenvalue weighted by atomic mass is 16.5. The first kappa shape index (κ1) is 19.5. The molecule has 4 heteroatoms. The van der Waals surface area contributed by atoms with E-state index in [2.05, 4.69) is 49.9 Å². The number of carbonyl (C=O) groups excluding carboxylic acids is 2. The van der Waals surface area contributed by atoms with Crippen molar-refractivity contribution < 1.29 is 14.3 Å². The predicted octanol–water partition coefficient (Wildman–Crippen LogP) is 4.11. The number of methoxy groups -OCH3 is 1. The average Bonchev–Trinajstić information content (AvgIpc) is 2.70. The minimum atomic E-state index is -0.157. The number of likely N-dealkylation sites (tertiary alicyclic amines) is 1. The summed E-state index contributed by atoms with van der Waals surface area (Å²) in [6.07, 6.45) is 5.23. The molecule has 1 aromatic rings. The highest BCUT2D eigenvalue weighted by Crippen LogP contribution is 2.56. The van der Waals surface area contributed by atoms with Crippen molar-refractivity contribution in [3.63, 3.8) is 0 Å². The third-order valence-electron chi connectivity index (χ3n) is 8.35. The van der Waals surface area contributed by atoms with E-state index in [1.54, 1.807) is 0 Å². The molecule has 28 heavy (non-hydrogen) atoms. The van der Waals surface area contributed by atoms with Crippen molar-refractivity contribution in [2.24, 2.45) is 17.3 Å². The second-order valence-corrected chi connectivity index (χ2v) is 9.80. The van der Waals surface area contributed by atoms with E-state index in [9.17, 15) is 9.59 Å². The number of hydrogen-bond acceptors (Lipinski definition) is 3. The predicted molar refractivity (Wildman–Crippen MR) is 109 cm³/mol. The SMILES string of the molecule is COC(=O)C1CCCC(C(=O)N2CC[C@@]3(C)c4ccccc4CC2C3(C)C)C1. The molecule has 1 saturated carbocycles. The van der Waals surface area contributed by atoms with Crippen molar-refractivity contribution in [1.29, 1.82) is 0 Å². The first-order valence-corrected chi connectivity index (χ1v) is 10.8. The van der Waals surface area contributed by atoms with Gasteiger partial charge in [0, 0.05) is 23.9 Å². The molecule has 2 aliphatic carbocycles. The van der Waals surface area contributed by atoms with Crippen LogP contribution in [0, 0.1) is 17.3 Å². The van der Waals surface area contributed by atoms with E-state index in [0.717, 1.165) is 38.6 Å². The summed E-state index contributed by atoms with van der Waals surface area (Å²) in [4.78, 5) is 27.8. The molecule has 152 valence electrons. The van der Waals surface area contributed by atoms with Crippen LogP contribution >= 0.6 is 0 Å². The Balaban J connectivity index is 1.61. The number of hydrogen-bond donors (Lipinski definition) is 0. The number of amides is 1. The molecule has 0 N–H and O–H groups in total. The van der Waals surface area contributed by atoms with Gasteiger partial charge in [-0.3, -0.25) is 9.59 Å². The Bertz CT molecular complexity index is 786. The smallest absolute Gasteiger partial charge is 0.308 e. The Hall–Kier alpha value is -1.84. The standard InChI is InChI=1S/C24H33NO3/c1-23(2)20-15-16-8-5-6-11-19(16)24(23,3)12-13-25(20)21(26)17-9-7-10-18(14-17)22(27)28-4/h5-6,8,11,17-18,20H,7,9-10,12-15H2,1-4H3/t17?,18?,20?,24-/m0/s1. The van der Waals surface area contributed by atoms with Crippen molar-refractivity contribution in [2.75, 3.05) is 13.7 Å². The Morgan fingerprint density at radius 1 is 1.11 bits per heavy atom. The van der Waals surface area contributed by atoms with Gasteiger partial charge in [-0.15, -0.1) is 0 Å². The molecule has 0 spiro atoms. The molecule has 0 aromatic heterocycles. The number of ether oxygens (including phenoxy) is 1. The van der Waals surface area contributed by atoms with E-state index in [1.165, 1.54) is 18.2 Å². The zero-order chi connectivity index (χ0) is 20.1. The minimum Gasteiger partial charge on any atom is -0.469 e. The van der Waals surface area contributed by atoms with Crippen LogP contribution in [0.1, 0.15) is 64.0 Å². The van der Waals surface area contributed by atoms with Crippen LogP contribution in [0.2, 0.25) is 0 Å². The van der Waals surface area contributed by atoms with Gasteiger partial charge in [-0.25, -0.2) is 0 Å². The molecule has 4 atom stereocenters. The van der Waals surface area contributed by atoms with Gasteiger partial charge < -0.3 is 9.64 Å². The Morgan fingerprint density at radius 3 is 2.57 bits per heavy atom. The lowest BCUT2D eigenvalue weighted by Gasteiger charge is -2.61. The number of carbonyl (C=O) groups is 2. The maximum atomic E-state index is 13.6. The van der Waals surface area contributed by atoms with Gasteiger partial charge in [0.15, 0.2) is 0 Å². The summed E-state index contributed by atoms with van der Waals surface area (Å²) in [6, 6.07) is 8.99. The van der Waals surface area contributed by atoms with Crippen molar-refractivity contribution >= 4 is 11.9 Å². The molecular weight excluding hydrogens is 350 g/mol. The number of rotatable bonds is 2. The topological polar surface area (TPSA) is 46.6 Å². The summed E-state index contributed by atoms with van der Waals surface area (Å²) in [5.74, 6) is -0.0678. The molecule has 2 bridgehead atoms. The summed E-state index contributed by atoms with van der Waals surface area (Å²) < 4.78 is 4.95. The van der Waals surface area contributed by atoms with Gasteiger partial charge in [0.25, 0.3) is 0 Å². The van der Waals surface area contributed by atoms with E-state index in [4.69, 9.17) is 4.74 Å². The fourth-order valence-electron chi connectivity index (χ4n) is 6.16. The molecule has 1 saturated heterocycles. The third-order valence-corrected chi connectivity index (χ3v) is 8.35. The Morgan fingerprint density at radius 2 is 1.82 bits per heavy atom. The molecule has 3 unspecified atom stereocenters. The van der Waals surface area contributed by atoms with Crippen molar-refractivity contribution in [3.8, 4) is 0 Å². The van der Waals surface area contributed by atoms with E-state index >= 15 is 0 Å². The van der Waals surface area contributed by atoms with Crippen LogP contribution in [0.15, 0.2) is 24.3 Å². The Labute approximate surface area is 168 Å². The van der Waals surface area contributed by atoms with Gasteiger partial charge in [-0.05, 0) is 48.6 Å². The maximum Gasteiger partial charge on any atom is 0.308 e. The van der Waals surface area contributed by atoms with Gasteiger partial charge in [-0.1, -0.05) is 51.5 Å². The summed E-state index contributed by atoms with van der Waals surface area (Å²) in [5.41, 5.74) is 2.96. The highest BCUT2D eigenvalue weighted by Gasteiger charge is 2.57. The number of piperidine rings is 1. The van der Waals surface area contributed by atoms with Crippen molar-refractivity contribution in [3.05, 3.63) is 35.4 Å². The monoisotopic (exact) mass is 383 g/mol. The van der Waals surface area contributed by atoms with Crippen molar-refractivity contribution in [1.82, 2.24) is 4.90 Å². The fourth-order valence-corrected chi connectivity index (χ4v) is 6.16. The summed E-state index contributed by atoms with van der Waals surface area (Å²) in [7, 11) is 1.45. The zero-order valence-electron chi connectivity index (χ0n) is 17.7. The highest BCUT2D eigenvalue weighted by molar-refractivity contribution is 5.81. The van der Waals surface area contributed by atoms with Crippen LogP contribution in [-0.2, 0) is 26.2 Å². The summed E-state index contributed by atoms with van der Waals surface area (Å²) in [5, 5.41) is 0. The van der Waals surface area contributed by atoms with E-state index in [-0.39, 0.29) is 40.6 Å². The second-order valence-electron chi connectivity index (χ2n) is 9.80. The minimum absolute atomic E-state index is 0.0195. The molecule has 4 nitrogen and oxygen atoms in total. The van der Waals surface area contributed by atoms with Gasteiger partial charge in [0.2, 0.25) is 5.91 Å². The molecule has 1 aliphatic heterocycles. The number of benzene rings is 1. The molecule has 3 aliphatic rings. The summed E-state index contributed by atoms with van der Waals surface area (Å²) >= 11 is 0. The number of nitrogens with zero attached hydrogens (tertiary/aromatic N) is 1. The number of esters is 1. The fraction of sp³-hybridized carbons (Fsp3) is 0.667. The van der Waals surface area contributed by atoms with Gasteiger partial charge >= 0.3 is 5.97 Å². The number of fused-ring (bicyclic) bond motifs is 4. The van der Waals surface area contributed by atoms with Crippen LogP contribution in [0.5, 0.6) is 0 Å². The van der Waals surface area contributed by atoms with Crippen LogP contribution < -0.4 is 0 Å². The van der Waals surface area contributed by atoms with E-state index < -0.39 is 0 Å². The maximum absolute atomic E-state index is 13.6. The lowest BCUT2D eigenvalue weighted by atomic mass is 9.51. The second kappa shape index (κ2) is 6.89. The van der Waals surface area contributed by atoms with Gasteiger partial charge in [-0.2, -0.15) is 0 Å². The zero-order valence-corrected chi connectivity index (χ0v) is 17.7. The van der Waals surface area contributed by atoms with E-state index in [0.29, 0.717) is 6.42 Å². The molecule has 1 amide bonds. The largest absolute Gasteiger partial charge is 0.469 e. The molecule has 1 heterocycles. The molecular formula is C24H33NO3. The van der Waals surface area contributed by atoms with Gasteiger partial charge in [0.1, 0.15) is 0 Å². The average molecular weight is 384 g/mol. The van der Waals surface area contributed by atoms with Crippen LogP contribution in [0.4, 0.5) is 0 Å². The quantitative estimate of drug-likeness (QED) is 0.722. The van der Waals surface area contributed by atoms with Crippen LogP contribution in [-0.4, -0.2) is 36.5 Å². The first-order valence-electron chi connectivity index (χ1n) is 10.8. The Kier molecular flexibility index (Phi) is 4.79. The molecule has 0 radical (unpaired) electrons. The first-order chi connectivity index (χ1) is 13.3. The van der Waals surface area contributed by atoms with Crippen LogP contribution in [0.3, 0.4) is 0 Å². The molecule has 4 rings (SSSR count).